The van der Waals surface area contributed by atoms with Crippen LogP contribution in [0.2, 0.25) is 0 Å². The molecule has 2 nitrogen and oxygen atoms in total. The minimum atomic E-state index is 0.778. The normalized spacial score (nSPS) is 24.0. The fraction of sp³-hybridized carbons (Fsp3) is 1.00. The van der Waals surface area contributed by atoms with Crippen LogP contribution in [-0.4, -0.2) is 26.4 Å². The Morgan fingerprint density at radius 1 is 0.500 bits per heavy atom. The van der Waals surface area contributed by atoms with Crippen LogP contribution in [0.15, 0.2) is 0 Å². The first kappa shape index (κ1) is 8.02. The molecule has 1 aliphatic carbocycles. The highest BCUT2D eigenvalue weighted by molar-refractivity contribution is 4.50. The Morgan fingerprint density at radius 2 is 0.800 bits per heavy atom. The zero-order chi connectivity index (χ0) is 7.07. The molecule has 10 heavy (non-hydrogen) atoms. The summed E-state index contributed by atoms with van der Waals surface area (Å²) in [5.41, 5.74) is 0. The molecule has 0 aromatic heterocycles. The van der Waals surface area contributed by atoms with Crippen molar-refractivity contribution in [2.24, 2.45) is 0 Å². The van der Waals surface area contributed by atoms with Gasteiger partial charge in [-0.3, -0.25) is 0 Å². The summed E-state index contributed by atoms with van der Waals surface area (Å²) >= 11 is 0. The summed E-state index contributed by atoms with van der Waals surface area (Å²) in [6.45, 7) is 3.11. The maximum atomic E-state index is 4.94. The van der Waals surface area contributed by atoms with Crippen LogP contribution in [0.4, 0.5) is 0 Å². The second kappa shape index (κ2) is 5.69. The molecule has 1 saturated carbocycles. The van der Waals surface area contributed by atoms with Crippen LogP contribution in [-0.2, 0) is 9.47 Å². The summed E-state index contributed by atoms with van der Waals surface area (Å²) in [7, 11) is 0. The van der Waals surface area contributed by atoms with Crippen LogP contribution in [0.25, 0.3) is 0 Å². The molecule has 0 bridgehead atoms. The van der Waals surface area contributed by atoms with E-state index in [1.165, 1.54) is 25.7 Å². The standard InChI is InChI=1S/C4H8O2.C4H8/c1-2-6-4-3-5-1;1-2-4-3-1/h1-4H2;1-4H2. The molecule has 0 aromatic carbocycles. The van der Waals surface area contributed by atoms with Crippen LogP contribution in [0.1, 0.15) is 25.7 Å². The maximum absolute atomic E-state index is 4.94. The summed E-state index contributed by atoms with van der Waals surface area (Å²) in [6.07, 6.45) is 6.00. The van der Waals surface area contributed by atoms with Crippen molar-refractivity contribution in [2.75, 3.05) is 26.4 Å². The lowest BCUT2D eigenvalue weighted by molar-refractivity contribution is -0.0334. The fourth-order valence-electron chi connectivity index (χ4n) is 0.690. The summed E-state index contributed by atoms with van der Waals surface area (Å²) in [6, 6.07) is 0. The quantitative estimate of drug-likeness (QED) is 0.514. The average Bonchev–Trinajstić information content (AvgIpc) is 1.88. The van der Waals surface area contributed by atoms with E-state index >= 15 is 0 Å². The molecule has 2 rings (SSSR count). The minimum absolute atomic E-state index is 0.778. The molecule has 0 radical (unpaired) electrons. The molecule has 2 aliphatic rings. The van der Waals surface area contributed by atoms with Crippen molar-refractivity contribution in [3.05, 3.63) is 0 Å². The van der Waals surface area contributed by atoms with E-state index in [4.69, 9.17) is 9.47 Å². The largest absolute Gasteiger partial charge is 0.377 e. The smallest absolute Gasteiger partial charge is 0.0701 e. The molecule has 1 aliphatic heterocycles. The van der Waals surface area contributed by atoms with Crippen molar-refractivity contribution in [2.45, 2.75) is 25.7 Å². The topological polar surface area (TPSA) is 18.5 Å². The average molecular weight is 144 g/mol. The minimum Gasteiger partial charge on any atom is -0.377 e. The Labute approximate surface area is 62.5 Å². The Balaban J connectivity index is 0.000000108. The van der Waals surface area contributed by atoms with Gasteiger partial charge in [0.05, 0.1) is 26.4 Å². The zero-order valence-corrected chi connectivity index (χ0v) is 6.47. The molecular formula is C8H16O2. The van der Waals surface area contributed by atoms with Gasteiger partial charge in [0.15, 0.2) is 0 Å². The first-order valence-electron chi connectivity index (χ1n) is 4.15. The van der Waals surface area contributed by atoms with Crippen molar-refractivity contribution in [1.82, 2.24) is 0 Å². The highest BCUT2D eigenvalue weighted by Crippen LogP contribution is 2.15. The summed E-state index contributed by atoms with van der Waals surface area (Å²) in [4.78, 5) is 0. The van der Waals surface area contributed by atoms with E-state index in [2.05, 4.69) is 0 Å². The van der Waals surface area contributed by atoms with Crippen LogP contribution in [0.3, 0.4) is 0 Å². The van der Waals surface area contributed by atoms with Crippen LogP contribution in [0.5, 0.6) is 0 Å². The Hall–Kier alpha value is -0.0800. The van der Waals surface area contributed by atoms with E-state index in [-0.39, 0.29) is 0 Å². The Bertz CT molecular complexity index is 50.1. The predicted molar refractivity (Wildman–Crippen MR) is 40.1 cm³/mol. The van der Waals surface area contributed by atoms with Crippen molar-refractivity contribution >= 4 is 0 Å². The van der Waals surface area contributed by atoms with Crippen LogP contribution in [0, 0.1) is 0 Å². The second-order valence-electron chi connectivity index (χ2n) is 2.64. The van der Waals surface area contributed by atoms with Gasteiger partial charge in [-0.05, 0) is 0 Å². The van der Waals surface area contributed by atoms with Gasteiger partial charge in [-0.1, -0.05) is 25.7 Å². The lowest BCUT2D eigenvalue weighted by Crippen LogP contribution is -2.16. The molecular weight excluding hydrogens is 128 g/mol. The molecule has 60 valence electrons. The van der Waals surface area contributed by atoms with E-state index in [9.17, 15) is 0 Å². The number of hydrogen-bond acceptors (Lipinski definition) is 2. The van der Waals surface area contributed by atoms with Crippen molar-refractivity contribution in [3.8, 4) is 0 Å². The second-order valence-corrected chi connectivity index (χ2v) is 2.64. The van der Waals surface area contributed by atoms with Crippen LogP contribution >= 0.6 is 0 Å². The van der Waals surface area contributed by atoms with Gasteiger partial charge in [0.1, 0.15) is 0 Å². The fourth-order valence-corrected chi connectivity index (χ4v) is 0.690. The highest BCUT2D eigenvalue weighted by atomic mass is 16.6. The molecule has 1 saturated heterocycles. The summed E-state index contributed by atoms with van der Waals surface area (Å²) in [5, 5.41) is 0. The van der Waals surface area contributed by atoms with E-state index < -0.39 is 0 Å². The van der Waals surface area contributed by atoms with E-state index in [1.807, 2.05) is 0 Å². The molecule has 0 amide bonds. The molecule has 1 heterocycles. The van der Waals surface area contributed by atoms with Gasteiger partial charge in [-0.25, -0.2) is 0 Å². The van der Waals surface area contributed by atoms with Gasteiger partial charge in [0.25, 0.3) is 0 Å². The highest BCUT2D eigenvalue weighted by Gasteiger charge is 1.95. The van der Waals surface area contributed by atoms with Crippen LogP contribution < -0.4 is 0 Å². The van der Waals surface area contributed by atoms with Crippen molar-refractivity contribution < 1.29 is 9.47 Å². The molecule has 0 atom stereocenters. The van der Waals surface area contributed by atoms with Crippen molar-refractivity contribution in [1.29, 1.82) is 0 Å². The van der Waals surface area contributed by atoms with E-state index in [0.717, 1.165) is 26.4 Å². The number of rotatable bonds is 0. The van der Waals surface area contributed by atoms with Crippen molar-refractivity contribution in [3.63, 3.8) is 0 Å². The van der Waals surface area contributed by atoms with Gasteiger partial charge < -0.3 is 9.47 Å². The Kier molecular flexibility index (Phi) is 4.56. The summed E-state index contributed by atoms with van der Waals surface area (Å²) in [5.74, 6) is 0. The third-order valence-electron chi connectivity index (χ3n) is 1.74. The predicted octanol–water partition coefficient (Wildman–Crippen LogP) is 1.59. The monoisotopic (exact) mass is 144 g/mol. The number of ether oxygens (including phenoxy) is 2. The van der Waals surface area contributed by atoms with Gasteiger partial charge in [0, 0.05) is 0 Å². The van der Waals surface area contributed by atoms with Gasteiger partial charge in [-0.15, -0.1) is 0 Å². The molecule has 2 heteroatoms. The van der Waals surface area contributed by atoms with Gasteiger partial charge in [0.2, 0.25) is 0 Å². The lowest BCUT2D eigenvalue weighted by Gasteiger charge is -2.09. The van der Waals surface area contributed by atoms with E-state index in [0.29, 0.717) is 0 Å². The van der Waals surface area contributed by atoms with E-state index in [1.54, 1.807) is 0 Å². The first-order chi connectivity index (χ1) is 5.00. The molecule has 0 spiro atoms. The molecule has 0 N–H and O–H groups in total. The van der Waals surface area contributed by atoms with Gasteiger partial charge >= 0.3 is 0 Å². The van der Waals surface area contributed by atoms with Gasteiger partial charge in [-0.2, -0.15) is 0 Å². The lowest BCUT2D eigenvalue weighted by atomic mass is 10.0. The third-order valence-corrected chi connectivity index (χ3v) is 1.74. The zero-order valence-electron chi connectivity index (χ0n) is 6.47. The number of hydrogen-bond donors (Lipinski definition) is 0. The maximum Gasteiger partial charge on any atom is 0.0701 e. The molecule has 0 aromatic rings. The molecule has 0 unspecified atom stereocenters. The Morgan fingerprint density at radius 3 is 0.900 bits per heavy atom. The third kappa shape index (κ3) is 3.85. The molecule has 2 fully saturated rings. The first-order valence-corrected chi connectivity index (χ1v) is 4.15. The SMILES string of the molecule is C1CCC1.C1COCCO1. The summed E-state index contributed by atoms with van der Waals surface area (Å²) < 4.78 is 9.89.